The van der Waals surface area contributed by atoms with Gasteiger partial charge in [-0.3, -0.25) is 4.79 Å². The Morgan fingerprint density at radius 3 is 2.47 bits per heavy atom. The van der Waals surface area contributed by atoms with E-state index in [2.05, 4.69) is 5.32 Å². The Bertz CT molecular complexity index is 456. The average molecular weight is 267 g/mol. The Kier molecular flexibility index (Phi) is 4.75. The molecule has 0 bridgehead atoms. The highest BCUT2D eigenvalue weighted by molar-refractivity contribution is 5.95. The molecule has 19 heavy (non-hydrogen) atoms. The predicted molar refractivity (Wildman–Crippen MR) is 71.0 cm³/mol. The zero-order valence-electron chi connectivity index (χ0n) is 11.8. The topological polar surface area (TPSA) is 79.5 Å². The molecule has 0 saturated heterocycles. The van der Waals surface area contributed by atoms with Crippen LogP contribution in [0.1, 0.15) is 49.7 Å². The second-order valence-corrected chi connectivity index (χ2v) is 5.90. The van der Waals surface area contributed by atoms with Gasteiger partial charge in [0.2, 0.25) is 0 Å². The lowest BCUT2D eigenvalue weighted by atomic mass is 9.88. The zero-order chi connectivity index (χ0) is 14.6. The molecule has 0 fully saturated rings. The van der Waals surface area contributed by atoms with Gasteiger partial charge in [0.25, 0.3) is 5.91 Å². The van der Waals surface area contributed by atoms with Crippen molar-refractivity contribution in [1.82, 2.24) is 5.32 Å². The van der Waals surface area contributed by atoms with Crippen LogP contribution in [0.25, 0.3) is 0 Å². The summed E-state index contributed by atoms with van der Waals surface area (Å²) in [6, 6.07) is 0.774. The zero-order valence-corrected chi connectivity index (χ0v) is 11.8. The standard InChI is InChI=1S/C14H21NO4/c1-9-6-8-19-11(9)12(16)15-10(13(17)18)5-7-14(2,3)4/h6,8,10H,5,7H2,1-4H3,(H,15,16)(H,17,18). The highest BCUT2D eigenvalue weighted by atomic mass is 16.4. The molecular weight excluding hydrogens is 246 g/mol. The molecule has 1 heterocycles. The van der Waals surface area contributed by atoms with E-state index in [1.807, 2.05) is 20.8 Å². The summed E-state index contributed by atoms with van der Waals surface area (Å²) in [5, 5.41) is 11.6. The van der Waals surface area contributed by atoms with Crippen molar-refractivity contribution in [2.45, 2.75) is 46.6 Å². The first-order valence-corrected chi connectivity index (χ1v) is 6.28. The van der Waals surface area contributed by atoms with E-state index in [9.17, 15) is 9.59 Å². The summed E-state index contributed by atoms with van der Waals surface area (Å²) < 4.78 is 5.05. The van der Waals surface area contributed by atoms with Gasteiger partial charge in [-0.05, 0) is 31.2 Å². The van der Waals surface area contributed by atoms with Crippen molar-refractivity contribution < 1.29 is 19.1 Å². The number of carboxylic acids is 1. The van der Waals surface area contributed by atoms with Crippen LogP contribution in [0, 0.1) is 12.3 Å². The smallest absolute Gasteiger partial charge is 0.326 e. The molecule has 0 aliphatic rings. The highest BCUT2D eigenvalue weighted by Crippen LogP contribution is 2.22. The molecule has 106 valence electrons. The van der Waals surface area contributed by atoms with E-state index in [0.29, 0.717) is 18.4 Å². The van der Waals surface area contributed by atoms with E-state index in [4.69, 9.17) is 9.52 Å². The lowest BCUT2D eigenvalue weighted by Crippen LogP contribution is -2.41. The molecule has 5 heteroatoms. The lowest BCUT2D eigenvalue weighted by molar-refractivity contribution is -0.139. The van der Waals surface area contributed by atoms with E-state index >= 15 is 0 Å². The van der Waals surface area contributed by atoms with Gasteiger partial charge in [-0.2, -0.15) is 0 Å². The number of rotatable bonds is 5. The molecule has 1 rings (SSSR count). The van der Waals surface area contributed by atoms with Gasteiger partial charge in [-0.25, -0.2) is 4.79 Å². The van der Waals surface area contributed by atoms with Crippen molar-refractivity contribution >= 4 is 11.9 Å². The van der Waals surface area contributed by atoms with Crippen LogP contribution in [0.5, 0.6) is 0 Å². The molecule has 0 aliphatic heterocycles. The van der Waals surface area contributed by atoms with Crippen LogP contribution in [0.2, 0.25) is 0 Å². The molecule has 0 saturated carbocycles. The normalized spacial score (nSPS) is 13.1. The Balaban J connectivity index is 2.67. The minimum absolute atomic E-state index is 0.0268. The van der Waals surface area contributed by atoms with Crippen molar-refractivity contribution in [1.29, 1.82) is 0 Å². The summed E-state index contributed by atoms with van der Waals surface area (Å²) in [5.41, 5.74) is 0.719. The molecule has 0 spiro atoms. The maximum atomic E-state index is 11.9. The van der Waals surface area contributed by atoms with Crippen LogP contribution in [0.4, 0.5) is 0 Å². The van der Waals surface area contributed by atoms with Gasteiger partial charge in [0, 0.05) is 5.56 Å². The van der Waals surface area contributed by atoms with E-state index < -0.39 is 17.9 Å². The third-order valence-electron chi connectivity index (χ3n) is 2.85. The number of carboxylic acid groups (broad SMARTS) is 1. The fourth-order valence-corrected chi connectivity index (χ4v) is 1.66. The molecule has 0 aromatic carbocycles. The largest absolute Gasteiger partial charge is 0.480 e. The summed E-state index contributed by atoms with van der Waals surface area (Å²) in [7, 11) is 0. The van der Waals surface area contributed by atoms with Crippen LogP contribution in [0.3, 0.4) is 0 Å². The van der Waals surface area contributed by atoms with Crippen LogP contribution in [-0.4, -0.2) is 23.0 Å². The second kappa shape index (κ2) is 5.91. The van der Waals surface area contributed by atoms with Crippen LogP contribution < -0.4 is 5.32 Å². The fourth-order valence-electron chi connectivity index (χ4n) is 1.66. The van der Waals surface area contributed by atoms with Gasteiger partial charge in [-0.1, -0.05) is 20.8 Å². The summed E-state index contributed by atoms with van der Waals surface area (Å²) in [5.74, 6) is -1.34. The van der Waals surface area contributed by atoms with Crippen LogP contribution >= 0.6 is 0 Å². The lowest BCUT2D eigenvalue weighted by Gasteiger charge is -2.21. The maximum absolute atomic E-state index is 11.9. The molecule has 1 atom stereocenters. The molecule has 1 unspecified atom stereocenters. The molecule has 1 aromatic rings. The Morgan fingerprint density at radius 1 is 1.42 bits per heavy atom. The minimum Gasteiger partial charge on any atom is -0.480 e. The first kappa shape index (κ1) is 15.3. The van der Waals surface area contributed by atoms with Gasteiger partial charge in [0.15, 0.2) is 5.76 Å². The Hall–Kier alpha value is -1.78. The van der Waals surface area contributed by atoms with Crippen molar-refractivity contribution in [2.24, 2.45) is 5.41 Å². The summed E-state index contributed by atoms with van der Waals surface area (Å²) in [6.45, 7) is 7.84. The van der Waals surface area contributed by atoms with Crippen molar-refractivity contribution in [2.75, 3.05) is 0 Å². The quantitative estimate of drug-likeness (QED) is 0.859. The number of hydrogen-bond acceptors (Lipinski definition) is 3. The molecular formula is C14H21NO4. The number of aryl methyl sites for hydroxylation is 1. The predicted octanol–water partition coefficient (Wildman–Crippen LogP) is 2.60. The fraction of sp³-hybridized carbons (Fsp3) is 0.571. The third-order valence-corrected chi connectivity index (χ3v) is 2.85. The van der Waals surface area contributed by atoms with Crippen molar-refractivity contribution in [3.05, 3.63) is 23.7 Å². The number of carbonyl (C=O) groups is 2. The number of nitrogens with one attached hydrogen (secondary N) is 1. The SMILES string of the molecule is Cc1ccoc1C(=O)NC(CCC(C)(C)C)C(=O)O. The number of amides is 1. The van der Waals surface area contributed by atoms with E-state index in [0.717, 1.165) is 0 Å². The summed E-state index contributed by atoms with van der Waals surface area (Å²) >= 11 is 0. The molecule has 2 N–H and O–H groups in total. The molecule has 0 radical (unpaired) electrons. The average Bonchev–Trinajstić information content (AvgIpc) is 2.68. The van der Waals surface area contributed by atoms with Gasteiger partial charge < -0.3 is 14.8 Å². The molecule has 5 nitrogen and oxygen atoms in total. The monoisotopic (exact) mass is 267 g/mol. The molecule has 1 aromatic heterocycles. The van der Waals surface area contributed by atoms with E-state index in [1.165, 1.54) is 6.26 Å². The molecule has 0 aliphatic carbocycles. The minimum atomic E-state index is -1.03. The Morgan fingerprint density at radius 2 is 2.05 bits per heavy atom. The summed E-state index contributed by atoms with van der Waals surface area (Å²) in [6.07, 6.45) is 2.51. The number of hydrogen-bond donors (Lipinski definition) is 2. The van der Waals surface area contributed by atoms with Crippen molar-refractivity contribution in [3.63, 3.8) is 0 Å². The van der Waals surface area contributed by atoms with Gasteiger partial charge in [0.05, 0.1) is 6.26 Å². The number of furan rings is 1. The first-order valence-electron chi connectivity index (χ1n) is 6.28. The van der Waals surface area contributed by atoms with Gasteiger partial charge >= 0.3 is 5.97 Å². The molecule has 1 amide bonds. The first-order chi connectivity index (χ1) is 8.70. The van der Waals surface area contributed by atoms with Crippen LogP contribution in [0.15, 0.2) is 16.7 Å². The number of aliphatic carboxylic acids is 1. The third kappa shape index (κ3) is 4.77. The summed E-state index contributed by atoms with van der Waals surface area (Å²) in [4.78, 5) is 23.1. The Labute approximate surface area is 113 Å². The second-order valence-electron chi connectivity index (χ2n) is 5.90. The van der Waals surface area contributed by atoms with Gasteiger partial charge in [0.1, 0.15) is 6.04 Å². The van der Waals surface area contributed by atoms with Crippen LogP contribution in [-0.2, 0) is 4.79 Å². The van der Waals surface area contributed by atoms with E-state index in [1.54, 1.807) is 13.0 Å². The van der Waals surface area contributed by atoms with Crippen molar-refractivity contribution in [3.8, 4) is 0 Å². The van der Waals surface area contributed by atoms with Gasteiger partial charge in [-0.15, -0.1) is 0 Å². The highest BCUT2D eigenvalue weighted by Gasteiger charge is 2.24. The maximum Gasteiger partial charge on any atom is 0.326 e. The number of carbonyl (C=O) groups excluding carboxylic acids is 1. The van der Waals surface area contributed by atoms with E-state index in [-0.39, 0.29) is 11.2 Å².